The number of halogens is 1. The molecule has 106 valence electrons. The number of benzene rings is 1. The highest BCUT2D eigenvalue weighted by atomic mass is 35.5. The number of rotatable bonds is 2. The molecule has 0 atom stereocenters. The lowest BCUT2D eigenvalue weighted by Crippen LogP contribution is -2.24. The lowest BCUT2D eigenvalue weighted by atomic mass is 10.2. The average molecular weight is 301 g/mol. The highest BCUT2D eigenvalue weighted by Crippen LogP contribution is 2.30. The lowest BCUT2D eigenvalue weighted by molar-refractivity contribution is 0.310. The first-order chi connectivity index (χ1) is 10.3. The molecule has 1 aromatic heterocycles. The molecule has 0 unspecified atom stereocenters. The first-order valence-corrected chi connectivity index (χ1v) is 7.05. The summed E-state index contributed by atoms with van der Waals surface area (Å²) in [5, 5.41) is 9.10. The van der Waals surface area contributed by atoms with Gasteiger partial charge in [0.2, 0.25) is 0 Å². The van der Waals surface area contributed by atoms with Crippen molar-refractivity contribution in [1.29, 1.82) is 5.26 Å². The summed E-state index contributed by atoms with van der Waals surface area (Å²) in [6.45, 7) is 2.06. The van der Waals surface area contributed by atoms with Crippen LogP contribution in [0.3, 0.4) is 0 Å². The first kappa shape index (κ1) is 13.7. The van der Waals surface area contributed by atoms with Gasteiger partial charge in [-0.1, -0.05) is 41.9 Å². The highest BCUT2D eigenvalue weighted by Gasteiger charge is 2.22. The number of anilines is 1. The Hall–Kier alpha value is -2.32. The summed E-state index contributed by atoms with van der Waals surface area (Å²) in [4.78, 5) is 10.5. The quantitative estimate of drug-likeness (QED) is 0.853. The molecule has 0 saturated carbocycles. The number of nitrogens with zero attached hydrogens (tertiary/aromatic N) is 4. The van der Waals surface area contributed by atoms with E-state index in [4.69, 9.17) is 21.6 Å². The van der Waals surface area contributed by atoms with Crippen molar-refractivity contribution in [3.8, 4) is 11.9 Å². The van der Waals surface area contributed by atoms with Crippen LogP contribution in [-0.4, -0.2) is 23.1 Å². The number of hydrogen-bond donors (Lipinski definition) is 0. The Kier molecular flexibility index (Phi) is 3.89. The Morgan fingerprint density at radius 3 is 2.86 bits per heavy atom. The van der Waals surface area contributed by atoms with E-state index >= 15 is 0 Å². The second-order valence-electron chi connectivity index (χ2n) is 4.71. The number of fused-ring (bicyclic) bond motifs is 1. The number of hydrogen-bond acceptors (Lipinski definition) is 5. The zero-order valence-electron chi connectivity index (χ0n) is 11.3. The maximum absolute atomic E-state index is 8.99. The molecule has 1 aliphatic rings. The Balaban J connectivity index is 1.97. The van der Waals surface area contributed by atoms with Gasteiger partial charge in [-0.05, 0) is 12.0 Å². The molecule has 0 aliphatic carbocycles. The van der Waals surface area contributed by atoms with Gasteiger partial charge in [-0.2, -0.15) is 10.2 Å². The highest BCUT2D eigenvalue weighted by molar-refractivity contribution is 6.30. The Morgan fingerprint density at radius 1 is 1.29 bits per heavy atom. The summed E-state index contributed by atoms with van der Waals surface area (Å²) in [7, 11) is 0. The van der Waals surface area contributed by atoms with E-state index in [9.17, 15) is 0 Å². The number of ether oxygens (including phenoxy) is 1. The largest absolute Gasteiger partial charge is 0.475 e. The predicted octanol–water partition coefficient (Wildman–Crippen LogP) is 2.79. The fourth-order valence-electron chi connectivity index (χ4n) is 2.25. The van der Waals surface area contributed by atoms with Crippen LogP contribution in [0.1, 0.15) is 17.7 Å². The Labute approximate surface area is 127 Å². The van der Waals surface area contributed by atoms with Crippen molar-refractivity contribution in [2.75, 3.05) is 18.1 Å². The van der Waals surface area contributed by atoms with E-state index < -0.39 is 0 Å². The summed E-state index contributed by atoms with van der Waals surface area (Å²) >= 11 is 6.00. The van der Waals surface area contributed by atoms with Crippen LogP contribution in [0.2, 0.25) is 5.15 Å². The molecule has 6 heteroatoms. The first-order valence-electron chi connectivity index (χ1n) is 6.67. The minimum absolute atomic E-state index is 0.0944. The molecule has 1 aliphatic heterocycles. The minimum Gasteiger partial charge on any atom is -0.475 e. The van der Waals surface area contributed by atoms with E-state index in [0.717, 1.165) is 13.0 Å². The van der Waals surface area contributed by atoms with Gasteiger partial charge in [-0.15, -0.1) is 0 Å². The molecule has 0 spiro atoms. The average Bonchev–Trinajstić information content (AvgIpc) is 2.70. The lowest BCUT2D eigenvalue weighted by Gasteiger charge is -2.22. The van der Waals surface area contributed by atoms with Gasteiger partial charge in [-0.3, -0.25) is 0 Å². The molecular formula is C15H13ClN4O. The van der Waals surface area contributed by atoms with E-state index in [1.165, 1.54) is 5.56 Å². The van der Waals surface area contributed by atoms with Gasteiger partial charge in [0.1, 0.15) is 6.07 Å². The molecule has 0 N–H and O–H groups in total. The molecule has 2 heterocycles. The van der Waals surface area contributed by atoms with Crippen LogP contribution in [0.25, 0.3) is 0 Å². The molecule has 3 rings (SSSR count). The van der Waals surface area contributed by atoms with Gasteiger partial charge >= 0.3 is 0 Å². The molecule has 0 bridgehead atoms. The standard InChI is InChI=1S/C15H13ClN4O/c16-13-12(9-17)18-15-14(19-13)20(7-4-8-21-15)10-11-5-2-1-3-6-11/h1-3,5-6H,4,7-8,10H2. The topological polar surface area (TPSA) is 62.0 Å². The van der Waals surface area contributed by atoms with Crippen LogP contribution in [0, 0.1) is 11.3 Å². The zero-order valence-corrected chi connectivity index (χ0v) is 12.0. The summed E-state index contributed by atoms with van der Waals surface area (Å²) in [6.07, 6.45) is 0.865. The molecule has 21 heavy (non-hydrogen) atoms. The van der Waals surface area contributed by atoms with Gasteiger partial charge in [-0.25, -0.2) is 4.98 Å². The van der Waals surface area contributed by atoms with E-state index in [2.05, 4.69) is 27.0 Å². The van der Waals surface area contributed by atoms with Crippen molar-refractivity contribution in [2.24, 2.45) is 0 Å². The maximum Gasteiger partial charge on any atom is 0.259 e. The second kappa shape index (κ2) is 5.98. The van der Waals surface area contributed by atoms with Crippen LogP contribution < -0.4 is 9.64 Å². The summed E-state index contributed by atoms with van der Waals surface area (Å²) in [5.74, 6) is 0.977. The predicted molar refractivity (Wildman–Crippen MR) is 79.4 cm³/mol. The minimum atomic E-state index is 0.0944. The smallest absolute Gasteiger partial charge is 0.259 e. The number of nitriles is 1. The van der Waals surface area contributed by atoms with Crippen molar-refractivity contribution in [3.63, 3.8) is 0 Å². The van der Waals surface area contributed by atoms with E-state index in [-0.39, 0.29) is 10.8 Å². The van der Waals surface area contributed by atoms with Crippen molar-refractivity contribution in [1.82, 2.24) is 9.97 Å². The monoisotopic (exact) mass is 300 g/mol. The second-order valence-corrected chi connectivity index (χ2v) is 5.07. The molecule has 2 aromatic rings. The normalized spacial score (nSPS) is 13.8. The van der Waals surface area contributed by atoms with E-state index in [1.807, 2.05) is 24.3 Å². The molecule has 0 fully saturated rings. The van der Waals surface area contributed by atoms with Crippen molar-refractivity contribution < 1.29 is 4.74 Å². The maximum atomic E-state index is 8.99. The van der Waals surface area contributed by atoms with Crippen LogP contribution >= 0.6 is 11.6 Å². The van der Waals surface area contributed by atoms with Crippen LogP contribution in [-0.2, 0) is 6.54 Å². The van der Waals surface area contributed by atoms with Crippen LogP contribution in [0.5, 0.6) is 5.88 Å². The fourth-order valence-corrected chi connectivity index (χ4v) is 2.42. The van der Waals surface area contributed by atoms with Crippen LogP contribution in [0.4, 0.5) is 5.82 Å². The Bertz CT molecular complexity index is 684. The third kappa shape index (κ3) is 2.91. The molecular weight excluding hydrogens is 288 g/mol. The van der Waals surface area contributed by atoms with E-state index in [0.29, 0.717) is 24.8 Å². The van der Waals surface area contributed by atoms with Crippen molar-refractivity contribution >= 4 is 17.4 Å². The molecule has 0 amide bonds. The molecule has 1 aromatic carbocycles. The zero-order chi connectivity index (χ0) is 14.7. The summed E-state index contributed by atoms with van der Waals surface area (Å²) < 4.78 is 5.59. The van der Waals surface area contributed by atoms with Crippen LogP contribution in [0.15, 0.2) is 30.3 Å². The van der Waals surface area contributed by atoms with Crippen molar-refractivity contribution in [3.05, 3.63) is 46.7 Å². The molecule has 0 radical (unpaired) electrons. The van der Waals surface area contributed by atoms with Gasteiger partial charge in [0.25, 0.3) is 5.88 Å². The van der Waals surface area contributed by atoms with Gasteiger partial charge in [0.05, 0.1) is 6.61 Å². The van der Waals surface area contributed by atoms with E-state index in [1.54, 1.807) is 0 Å². The Morgan fingerprint density at radius 2 is 2.10 bits per heavy atom. The fraction of sp³-hybridized carbons (Fsp3) is 0.267. The van der Waals surface area contributed by atoms with Gasteiger partial charge in [0, 0.05) is 13.1 Å². The summed E-state index contributed by atoms with van der Waals surface area (Å²) in [6, 6.07) is 12.0. The van der Waals surface area contributed by atoms with Gasteiger partial charge in [0.15, 0.2) is 16.7 Å². The molecule has 0 saturated heterocycles. The third-order valence-corrected chi connectivity index (χ3v) is 3.50. The molecule has 5 nitrogen and oxygen atoms in total. The SMILES string of the molecule is N#Cc1nc2c(nc1Cl)N(Cc1ccccc1)CCCO2. The summed E-state index contributed by atoms with van der Waals surface area (Å²) in [5.41, 5.74) is 1.27. The third-order valence-electron chi connectivity index (χ3n) is 3.24. The van der Waals surface area contributed by atoms with Gasteiger partial charge < -0.3 is 9.64 Å². The number of aromatic nitrogens is 2. The van der Waals surface area contributed by atoms with Crippen molar-refractivity contribution in [2.45, 2.75) is 13.0 Å².